The van der Waals surface area contributed by atoms with Crippen molar-refractivity contribution in [2.24, 2.45) is 5.92 Å². The van der Waals surface area contributed by atoms with E-state index < -0.39 is 0 Å². The van der Waals surface area contributed by atoms with Crippen molar-refractivity contribution in [1.82, 2.24) is 15.2 Å². The molecule has 0 radical (unpaired) electrons. The zero-order valence-electron chi connectivity index (χ0n) is 11.4. The number of thiazole rings is 1. The molecule has 1 aromatic rings. The maximum atomic E-state index is 12.1. The molecule has 0 saturated carbocycles. The zero-order valence-corrected chi connectivity index (χ0v) is 12.2. The Labute approximate surface area is 117 Å². The van der Waals surface area contributed by atoms with E-state index >= 15 is 0 Å². The molecule has 19 heavy (non-hydrogen) atoms. The van der Waals surface area contributed by atoms with Crippen LogP contribution in [0, 0.1) is 12.8 Å². The van der Waals surface area contributed by atoms with Gasteiger partial charge in [0.15, 0.2) is 0 Å². The average molecular weight is 283 g/mol. The van der Waals surface area contributed by atoms with Crippen LogP contribution in [0.2, 0.25) is 0 Å². The third-order valence-corrected chi connectivity index (χ3v) is 4.61. The second-order valence-corrected chi connectivity index (χ2v) is 6.05. The third kappa shape index (κ3) is 3.67. The lowest BCUT2D eigenvalue weighted by atomic mass is 9.94. The van der Waals surface area contributed by atoms with Gasteiger partial charge in [-0.3, -0.25) is 0 Å². The number of nitrogens with one attached hydrogen (secondary N) is 1. The van der Waals surface area contributed by atoms with E-state index in [2.05, 4.69) is 10.3 Å². The van der Waals surface area contributed by atoms with Gasteiger partial charge in [0.2, 0.25) is 0 Å². The highest BCUT2D eigenvalue weighted by atomic mass is 32.1. The summed E-state index contributed by atoms with van der Waals surface area (Å²) in [5, 5.41) is 12.6. The highest BCUT2D eigenvalue weighted by Gasteiger charge is 2.26. The molecule has 1 saturated heterocycles. The molecule has 106 valence electrons. The number of nitrogens with zero attached hydrogens (tertiary/aromatic N) is 2. The predicted molar refractivity (Wildman–Crippen MR) is 75.1 cm³/mol. The summed E-state index contributed by atoms with van der Waals surface area (Å²) in [6.45, 7) is 5.70. The first kappa shape index (κ1) is 14.3. The number of carbonyl (C=O) groups excluding carboxylic acids is 1. The Morgan fingerprint density at radius 1 is 1.74 bits per heavy atom. The lowest BCUT2D eigenvalue weighted by Crippen LogP contribution is -2.47. The van der Waals surface area contributed by atoms with Gasteiger partial charge >= 0.3 is 6.03 Å². The molecular formula is C13H21N3O2S. The molecule has 1 fully saturated rings. The first-order valence-corrected chi connectivity index (χ1v) is 7.55. The van der Waals surface area contributed by atoms with Crippen molar-refractivity contribution >= 4 is 17.4 Å². The highest BCUT2D eigenvalue weighted by molar-refractivity contribution is 7.09. The minimum atomic E-state index is -0.348. The Bertz CT molecular complexity index is 433. The predicted octanol–water partition coefficient (Wildman–Crippen LogP) is 1.75. The van der Waals surface area contributed by atoms with Crippen molar-refractivity contribution in [3.05, 3.63) is 16.1 Å². The van der Waals surface area contributed by atoms with Crippen molar-refractivity contribution in [2.45, 2.75) is 39.3 Å². The molecule has 2 rings (SSSR count). The minimum absolute atomic E-state index is 0.0434. The smallest absolute Gasteiger partial charge is 0.317 e. The number of amides is 2. The fourth-order valence-corrected chi connectivity index (χ4v) is 3.07. The van der Waals surface area contributed by atoms with E-state index in [-0.39, 0.29) is 18.1 Å². The summed E-state index contributed by atoms with van der Waals surface area (Å²) in [6.07, 6.45) is 1.61. The van der Waals surface area contributed by atoms with E-state index in [0.717, 1.165) is 30.0 Å². The lowest BCUT2D eigenvalue weighted by Gasteiger charge is -2.34. The monoisotopic (exact) mass is 283 g/mol. The molecular weight excluding hydrogens is 262 g/mol. The molecule has 2 heterocycles. The maximum absolute atomic E-state index is 12.1. The quantitative estimate of drug-likeness (QED) is 0.888. The number of likely N-dealkylation sites (tertiary alicyclic amines) is 1. The second-order valence-electron chi connectivity index (χ2n) is 5.11. The molecule has 2 atom stereocenters. The van der Waals surface area contributed by atoms with E-state index in [1.807, 2.05) is 6.92 Å². The Morgan fingerprint density at radius 3 is 3.16 bits per heavy atom. The van der Waals surface area contributed by atoms with Crippen LogP contribution in [0.25, 0.3) is 0 Å². The van der Waals surface area contributed by atoms with Crippen molar-refractivity contribution in [1.29, 1.82) is 0 Å². The number of aliphatic hydroxyl groups is 1. The topological polar surface area (TPSA) is 65.5 Å². The van der Waals surface area contributed by atoms with Gasteiger partial charge < -0.3 is 15.3 Å². The second kappa shape index (κ2) is 6.34. The van der Waals surface area contributed by atoms with Crippen molar-refractivity contribution in [3.63, 3.8) is 0 Å². The van der Waals surface area contributed by atoms with Gasteiger partial charge in [-0.2, -0.15) is 0 Å². The number of aryl methyl sites for hydroxylation is 1. The van der Waals surface area contributed by atoms with Gasteiger partial charge in [0.25, 0.3) is 0 Å². The number of carbonyl (C=O) groups is 1. The van der Waals surface area contributed by atoms with E-state index in [4.69, 9.17) is 0 Å². The number of aliphatic hydroxyl groups excluding tert-OH is 1. The molecule has 2 amide bonds. The molecule has 1 aromatic heterocycles. The fourth-order valence-electron chi connectivity index (χ4n) is 2.35. The molecule has 0 spiro atoms. The minimum Gasteiger partial charge on any atom is -0.393 e. The first-order chi connectivity index (χ1) is 9.08. The summed E-state index contributed by atoms with van der Waals surface area (Å²) < 4.78 is 0. The van der Waals surface area contributed by atoms with Gasteiger partial charge in [0.1, 0.15) is 0 Å². The standard InChI is InChI=1S/C13H21N3O2S/c1-9-12(19-8-15-9)6-14-13(18)16-5-3-4-11(7-16)10(2)17/h8,10-11,17H,3-7H2,1-2H3,(H,14,18). The van der Waals surface area contributed by atoms with E-state index in [1.165, 1.54) is 0 Å². The molecule has 2 unspecified atom stereocenters. The van der Waals surface area contributed by atoms with Crippen LogP contribution in [0.1, 0.15) is 30.3 Å². The Morgan fingerprint density at radius 2 is 2.53 bits per heavy atom. The van der Waals surface area contributed by atoms with Gasteiger partial charge in [0.05, 0.1) is 23.9 Å². The molecule has 5 nitrogen and oxygen atoms in total. The third-order valence-electron chi connectivity index (χ3n) is 3.67. The van der Waals surface area contributed by atoms with Crippen molar-refractivity contribution in [2.75, 3.05) is 13.1 Å². The molecule has 0 aromatic carbocycles. The number of hydrogen-bond donors (Lipinski definition) is 2. The van der Waals surface area contributed by atoms with Crippen LogP contribution < -0.4 is 5.32 Å². The highest BCUT2D eigenvalue weighted by Crippen LogP contribution is 2.20. The molecule has 1 aliphatic heterocycles. The van der Waals surface area contributed by atoms with Crippen LogP contribution in [0.3, 0.4) is 0 Å². The Kier molecular flexibility index (Phi) is 4.76. The molecule has 0 bridgehead atoms. The number of piperidine rings is 1. The number of hydrogen-bond acceptors (Lipinski definition) is 4. The summed E-state index contributed by atoms with van der Waals surface area (Å²) >= 11 is 1.56. The molecule has 1 aliphatic rings. The van der Waals surface area contributed by atoms with Gasteiger partial charge in [0, 0.05) is 23.9 Å². The van der Waals surface area contributed by atoms with Gasteiger partial charge in [-0.15, -0.1) is 11.3 Å². The summed E-state index contributed by atoms with van der Waals surface area (Å²) in [4.78, 5) is 19.2. The van der Waals surface area contributed by atoms with Gasteiger partial charge in [-0.1, -0.05) is 0 Å². The van der Waals surface area contributed by atoms with Gasteiger partial charge in [-0.05, 0) is 26.7 Å². The average Bonchev–Trinajstić information content (AvgIpc) is 2.81. The van der Waals surface area contributed by atoms with Crippen LogP contribution in [-0.2, 0) is 6.54 Å². The summed E-state index contributed by atoms with van der Waals surface area (Å²) in [7, 11) is 0. The molecule has 2 N–H and O–H groups in total. The number of rotatable bonds is 3. The molecule has 0 aliphatic carbocycles. The van der Waals surface area contributed by atoms with Crippen molar-refractivity contribution < 1.29 is 9.90 Å². The SMILES string of the molecule is Cc1ncsc1CNC(=O)N1CCCC(C(C)O)C1. The van der Waals surface area contributed by atoms with E-state index in [9.17, 15) is 9.90 Å². The summed E-state index contributed by atoms with van der Waals surface area (Å²) in [5.74, 6) is 0.199. The summed E-state index contributed by atoms with van der Waals surface area (Å²) in [6, 6.07) is -0.0434. The maximum Gasteiger partial charge on any atom is 0.317 e. The first-order valence-electron chi connectivity index (χ1n) is 6.67. The summed E-state index contributed by atoms with van der Waals surface area (Å²) in [5.41, 5.74) is 2.77. The Hall–Kier alpha value is -1.14. The number of aromatic nitrogens is 1. The molecule has 6 heteroatoms. The lowest BCUT2D eigenvalue weighted by molar-refractivity contribution is 0.0739. The largest absolute Gasteiger partial charge is 0.393 e. The zero-order chi connectivity index (χ0) is 13.8. The Balaban J connectivity index is 1.84. The fraction of sp³-hybridized carbons (Fsp3) is 0.692. The van der Waals surface area contributed by atoms with E-state index in [0.29, 0.717) is 13.1 Å². The van der Waals surface area contributed by atoms with Crippen LogP contribution >= 0.6 is 11.3 Å². The van der Waals surface area contributed by atoms with Gasteiger partial charge in [-0.25, -0.2) is 9.78 Å². The van der Waals surface area contributed by atoms with Crippen LogP contribution in [-0.4, -0.2) is 40.2 Å². The normalized spacial score (nSPS) is 21.2. The van der Waals surface area contributed by atoms with E-state index in [1.54, 1.807) is 28.7 Å². The van der Waals surface area contributed by atoms with Crippen molar-refractivity contribution in [3.8, 4) is 0 Å². The van der Waals surface area contributed by atoms with Crippen LogP contribution in [0.5, 0.6) is 0 Å². The van der Waals surface area contributed by atoms with Crippen LogP contribution in [0.4, 0.5) is 4.79 Å². The van der Waals surface area contributed by atoms with Crippen LogP contribution in [0.15, 0.2) is 5.51 Å². The number of urea groups is 1.